The second-order valence-corrected chi connectivity index (χ2v) is 4.71. The molecule has 1 saturated heterocycles. The number of ether oxygens (including phenoxy) is 1. The minimum atomic E-state index is -0.800. The Kier molecular flexibility index (Phi) is 6.12. The summed E-state index contributed by atoms with van der Waals surface area (Å²) < 4.78 is 5.32. The molecular formula is C13H23NO4. The van der Waals surface area contributed by atoms with Gasteiger partial charge in [-0.05, 0) is 39.5 Å². The van der Waals surface area contributed by atoms with Crippen LogP contribution in [0.3, 0.4) is 0 Å². The summed E-state index contributed by atoms with van der Waals surface area (Å²) >= 11 is 0. The minimum absolute atomic E-state index is 0.00746. The van der Waals surface area contributed by atoms with Crippen LogP contribution in [0.25, 0.3) is 0 Å². The first kappa shape index (κ1) is 15.0. The number of carbonyl (C=O) groups excluding carboxylic acids is 1. The SMILES string of the molecule is CCOC(C)C(=O)N1CCCCC1CCC(=O)O. The number of likely N-dealkylation sites (tertiary alicyclic amines) is 1. The molecule has 2 atom stereocenters. The fourth-order valence-corrected chi connectivity index (χ4v) is 2.44. The zero-order chi connectivity index (χ0) is 13.5. The second-order valence-electron chi connectivity index (χ2n) is 4.71. The lowest BCUT2D eigenvalue weighted by Crippen LogP contribution is -2.48. The zero-order valence-corrected chi connectivity index (χ0v) is 11.2. The van der Waals surface area contributed by atoms with Crippen LogP contribution in [0.2, 0.25) is 0 Å². The fraction of sp³-hybridized carbons (Fsp3) is 0.846. The van der Waals surface area contributed by atoms with E-state index in [-0.39, 0.29) is 18.4 Å². The van der Waals surface area contributed by atoms with Crippen molar-refractivity contribution in [3.05, 3.63) is 0 Å². The van der Waals surface area contributed by atoms with Crippen molar-refractivity contribution in [1.29, 1.82) is 0 Å². The standard InChI is InChI=1S/C13H23NO4/c1-3-18-10(2)13(17)14-9-5-4-6-11(14)7-8-12(15)16/h10-11H,3-9H2,1-2H3,(H,15,16). The molecule has 0 aromatic heterocycles. The lowest BCUT2D eigenvalue weighted by molar-refractivity contribution is -0.147. The van der Waals surface area contributed by atoms with Gasteiger partial charge in [-0.3, -0.25) is 9.59 Å². The highest BCUT2D eigenvalue weighted by atomic mass is 16.5. The van der Waals surface area contributed by atoms with Crippen molar-refractivity contribution in [3.63, 3.8) is 0 Å². The van der Waals surface area contributed by atoms with Crippen LogP contribution in [-0.4, -0.2) is 47.2 Å². The summed E-state index contributed by atoms with van der Waals surface area (Å²) in [5.74, 6) is -0.808. The molecule has 2 unspecified atom stereocenters. The van der Waals surface area contributed by atoms with E-state index in [1.807, 2.05) is 11.8 Å². The van der Waals surface area contributed by atoms with Gasteiger partial charge in [0.25, 0.3) is 5.91 Å². The maximum absolute atomic E-state index is 12.2. The molecule has 1 aliphatic heterocycles. The average Bonchev–Trinajstić information content (AvgIpc) is 2.36. The molecule has 0 aliphatic carbocycles. The summed E-state index contributed by atoms with van der Waals surface area (Å²) in [5, 5.41) is 8.73. The van der Waals surface area contributed by atoms with Crippen molar-refractivity contribution < 1.29 is 19.4 Å². The predicted octanol–water partition coefficient (Wildman–Crippen LogP) is 1.66. The van der Waals surface area contributed by atoms with Gasteiger partial charge in [0.2, 0.25) is 0 Å². The third kappa shape index (κ3) is 4.29. The third-order valence-electron chi connectivity index (χ3n) is 3.37. The molecule has 0 aromatic rings. The van der Waals surface area contributed by atoms with Crippen molar-refractivity contribution in [2.75, 3.05) is 13.2 Å². The molecule has 1 N–H and O–H groups in total. The number of piperidine rings is 1. The van der Waals surface area contributed by atoms with Gasteiger partial charge in [0.05, 0.1) is 0 Å². The molecule has 5 heteroatoms. The number of carboxylic acid groups (broad SMARTS) is 1. The van der Waals surface area contributed by atoms with Crippen molar-refractivity contribution in [1.82, 2.24) is 4.90 Å². The van der Waals surface area contributed by atoms with E-state index in [2.05, 4.69) is 0 Å². The number of hydrogen-bond donors (Lipinski definition) is 1. The molecule has 18 heavy (non-hydrogen) atoms. The van der Waals surface area contributed by atoms with Crippen molar-refractivity contribution in [2.24, 2.45) is 0 Å². The van der Waals surface area contributed by atoms with Crippen LogP contribution in [0.4, 0.5) is 0 Å². The molecule has 0 radical (unpaired) electrons. The largest absolute Gasteiger partial charge is 0.481 e. The molecule has 0 spiro atoms. The van der Waals surface area contributed by atoms with Gasteiger partial charge < -0.3 is 14.7 Å². The quantitative estimate of drug-likeness (QED) is 0.785. The minimum Gasteiger partial charge on any atom is -0.481 e. The normalized spacial score (nSPS) is 21.7. The van der Waals surface area contributed by atoms with E-state index in [1.54, 1.807) is 6.92 Å². The van der Waals surface area contributed by atoms with Gasteiger partial charge in [0, 0.05) is 25.6 Å². The molecule has 1 amide bonds. The lowest BCUT2D eigenvalue weighted by atomic mass is 9.97. The highest BCUT2D eigenvalue weighted by Gasteiger charge is 2.29. The van der Waals surface area contributed by atoms with E-state index in [4.69, 9.17) is 9.84 Å². The van der Waals surface area contributed by atoms with Crippen molar-refractivity contribution in [3.8, 4) is 0 Å². The van der Waals surface area contributed by atoms with Crippen LogP contribution in [0.15, 0.2) is 0 Å². The van der Waals surface area contributed by atoms with Crippen LogP contribution < -0.4 is 0 Å². The Bertz CT molecular complexity index is 293. The van der Waals surface area contributed by atoms with E-state index in [9.17, 15) is 9.59 Å². The highest BCUT2D eigenvalue weighted by Crippen LogP contribution is 2.22. The lowest BCUT2D eigenvalue weighted by Gasteiger charge is -2.37. The summed E-state index contributed by atoms with van der Waals surface area (Å²) in [6.45, 7) is 4.86. The third-order valence-corrected chi connectivity index (χ3v) is 3.37. The highest BCUT2D eigenvalue weighted by molar-refractivity contribution is 5.81. The number of carboxylic acids is 1. The smallest absolute Gasteiger partial charge is 0.303 e. The first-order chi connectivity index (χ1) is 8.56. The van der Waals surface area contributed by atoms with Gasteiger partial charge in [-0.25, -0.2) is 0 Å². The number of aliphatic carboxylic acids is 1. The number of rotatable bonds is 6. The Hall–Kier alpha value is -1.10. The fourth-order valence-electron chi connectivity index (χ4n) is 2.44. The van der Waals surface area contributed by atoms with Gasteiger partial charge in [-0.1, -0.05) is 0 Å². The topological polar surface area (TPSA) is 66.8 Å². The van der Waals surface area contributed by atoms with Gasteiger partial charge in [0.1, 0.15) is 6.10 Å². The van der Waals surface area contributed by atoms with Crippen LogP contribution in [0.5, 0.6) is 0 Å². The van der Waals surface area contributed by atoms with E-state index in [1.165, 1.54) is 0 Å². The van der Waals surface area contributed by atoms with E-state index in [0.29, 0.717) is 13.0 Å². The first-order valence-corrected chi connectivity index (χ1v) is 6.70. The zero-order valence-electron chi connectivity index (χ0n) is 11.2. The van der Waals surface area contributed by atoms with E-state index < -0.39 is 12.1 Å². The Morgan fingerprint density at radius 3 is 2.78 bits per heavy atom. The van der Waals surface area contributed by atoms with Gasteiger partial charge in [-0.15, -0.1) is 0 Å². The molecule has 1 rings (SSSR count). The van der Waals surface area contributed by atoms with Crippen LogP contribution in [0, 0.1) is 0 Å². The number of amides is 1. The molecule has 1 aliphatic rings. The molecule has 1 heterocycles. The summed E-state index contributed by atoms with van der Waals surface area (Å²) in [5.41, 5.74) is 0. The predicted molar refractivity (Wildman–Crippen MR) is 67.3 cm³/mol. The Balaban J connectivity index is 2.57. The number of hydrogen-bond acceptors (Lipinski definition) is 3. The van der Waals surface area contributed by atoms with Gasteiger partial charge in [0.15, 0.2) is 0 Å². The van der Waals surface area contributed by atoms with Gasteiger partial charge >= 0.3 is 5.97 Å². The Labute approximate surface area is 108 Å². The van der Waals surface area contributed by atoms with Crippen LogP contribution >= 0.6 is 0 Å². The second kappa shape index (κ2) is 7.36. The summed E-state index contributed by atoms with van der Waals surface area (Å²) in [6.07, 6.45) is 3.20. The maximum Gasteiger partial charge on any atom is 0.303 e. The molecule has 0 bridgehead atoms. The monoisotopic (exact) mass is 257 g/mol. The van der Waals surface area contributed by atoms with Gasteiger partial charge in [-0.2, -0.15) is 0 Å². The van der Waals surface area contributed by atoms with Crippen molar-refractivity contribution >= 4 is 11.9 Å². The van der Waals surface area contributed by atoms with Crippen LogP contribution in [-0.2, 0) is 14.3 Å². The molecule has 104 valence electrons. The van der Waals surface area contributed by atoms with E-state index in [0.717, 1.165) is 25.8 Å². The molecule has 0 aromatic carbocycles. The van der Waals surface area contributed by atoms with E-state index >= 15 is 0 Å². The summed E-state index contributed by atoms with van der Waals surface area (Å²) in [7, 11) is 0. The molecule has 0 saturated carbocycles. The number of nitrogens with zero attached hydrogens (tertiary/aromatic N) is 1. The maximum atomic E-state index is 12.2. The summed E-state index contributed by atoms with van der Waals surface area (Å²) in [4.78, 5) is 24.6. The van der Waals surface area contributed by atoms with Crippen molar-refractivity contribution in [2.45, 2.75) is 58.1 Å². The first-order valence-electron chi connectivity index (χ1n) is 6.70. The Morgan fingerprint density at radius 1 is 1.44 bits per heavy atom. The summed E-state index contributed by atoms with van der Waals surface area (Å²) in [6, 6.07) is 0.0604. The number of carbonyl (C=O) groups is 2. The molecular weight excluding hydrogens is 234 g/mol. The average molecular weight is 257 g/mol. The molecule has 5 nitrogen and oxygen atoms in total. The Morgan fingerprint density at radius 2 is 2.17 bits per heavy atom. The van der Waals surface area contributed by atoms with Crippen LogP contribution in [0.1, 0.15) is 46.0 Å². The molecule has 1 fully saturated rings.